The SMILES string of the molecule is CN1CCCN(C(=O)COc2ccc(Cl)cc2Cl)CC1. The summed E-state index contributed by atoms with van der Waals surface area (Å²) in [4.78, 5) is 16.2. The van der Waals surface area contributed by atoms with Crippen LogP contribution in [0.15, 0.2) is 18.2 Å². The van der Waals surface area contributed by atoms with Crippen LogP contribution in [0, 0.1) is 0 Å². The lowest BCUT2D eigenvalue weighted by Gasteiger charge is -2.20. The molecule has 0 radical (unpaired) electrons. The largest absolute Gasteiger partial charge is 0.482 e. The first-order valence-corrected chi connectivity index (χ1v) is 7.36. The third-order valence-electron chi connectivity index (χ3n) is 3.32. The fraction of sp³-hybridized carbons (Fsp3) is 0.500. The van der Waals surface area contributed by atoms with Gasteiger partial charge >= 0.3 is 0 Å². The van der Waals surface area contributed by atoms with Gasteiger partial charge in [-0.1, -0.05) is 23.2 Å². The Balaban J connectivity index is 1.88. The second kappa shape index (κ2) is 7.16. The number of carbonyl (C=O) groups excluding carboxylic acids is 1. The minimum Gasteiger partial charge on any atom is -0.482 e. The van der Waals surface area contributed by atoms with E-state index in [-0.39, 0.29) is 12.5 Å². The van der Waals surface area contributed by atoms with E-state index in [1.165, 1.54) is 0 Å². The van der Waals surface area contributed by atoms with Gasteiger partial charge < -0.3 is 14.5 Å². The van der Waals surface area contributed by atoms with E-state index in [1.807, 2.05) is 4.90 Å². The number of hydrogen-bond donors (Lipinski definition) is 0. The number of likely N-dealkylation sites (N-methyl/N-ethyl adjacent to an activating group) is 1. The molecule has 0 atom stereocenters. The van der Waals surface area contributed by atoms with E-state index in [0.717, 1.165) is 32.6 Å². The Labute approximate surface area is 129 Å². The van der Waals surface area contributed by atoms with Crippen molar-refractivity contribution in [1.82, 2.24) is 9.80 Å². The highest BCUT2D eigenvalue weighted by Gasteiger charge is 2.18. The number of halogens is 2. The molecule has 0 aromatic heterocycles. The quantitative estimate of drug-likeness (QED) is 0.859. The highest BCUT2D eigenvalue weighted by atomic mass is 35.5. The predicted molar refractivity (Wildman–Crippen MR) is 80.7 cm³/mol. The molecule has 0 bridgehead atoms. The lowest BCUT2D eigenvalue weighted by molar-refractivity contribution is -0.133. The number of nitrogens with zero attached hydrogens (tertiary/aromatic N) is 2. The standard InChI is InChI=1S/C14H18Cl2N2O2/c1-17-5-2-6-18(8-7-17)14(19)10-20-13-4-3-11(15)9-12(13)16/h3-4,9H,2,5-8,10H2,1H3. The molecule has 0 aliphatic carbocycles. The zero-order chi connectivity index (χ0) is 14.5. The van der Waals surface area contributed by atoms with E-state index in [1.54, 1.807) is 18.2 Å². The number of benzene rings is 1. The second-order valence-electron chi connectivity index (χ2n) is 4.90. The average Bonchev–Trinajstić information content (AvgIpc) is 2.62. The van der Waals surface area contributed by atoms with Gasteiger partial charge in [0.15, 0.2) is 6.61 Å². The number of rotatable bonds is 3. The highest BCUT2D eigenvalue weighted by Crippen LogP contribution is 2.27. The van der Waals surface area contributed by atoms with Crippen molar-refractivity contribution in [1.29, 1.82) is 0 Å². The molecule has 1 aromatic carbocycles. The Bertz CT molecular complexity index is 482. The molecule has 1 heterocycles. The van der Waals surface area contributed by atoms with Crippen molar-refractivity contribution in [2.45, 2.75) is 6.42 Å². The van der Waals surface area contributed by atoms with Crippen LogP contribution in [0.25, 0.3) is 0 Å². The molecule has 1 saturated heterocycles. The Hall–Kier alpha value is -0.970. The van der Waals surface area contributed by atoms with E-state index in [9.17, 15) is 4.79 Å². The lowest BCUT2D eigenvalue weighted by atomic mass is 10.3. The molecule has 110 valence electrons. The van der Waals surface area contributed by atoms with E-state index in [2.05, 4.69) is 11.9 Å². The molecule has 0 N–H and O–H groups in total. The monoisotopic (exact) mass is 316 g/mol. The first-order chi connectivity index (χ1) is 9.56. The number of hydrogen-bond acceptors (Lipinski definition) is 3. The van der Waals surface area contributed by atoms with Crippen molar-refractivity contribution in [2.75, 3.05) is 39.8 Å². The summed E-state index contributed by atoms with van der Waals surface area (Å²) in [5.74, 6) is 0.475. The first-order valence-electron chi connectivity index (χ1n) is 6.60. The van der Waals surface area contributed by atoms with Crippen LogP contribution in [0.1, 0.15) is 6.42 Å². The molecular formula is C14H18Cl2N2O2. The Morgan fingerprint density at radius 1 is 1.25 bits per heavy atom. The minimum absolute atomic E-state index is 0.00503. The molecule has 6 heteroatoms. The van der Waals surface area contributed by atoms with Gasteiger partial charge in [0.2, 0.25) is 0 Å². The van der Waals surface area contributed by atoms with E-state index in [0.29, 0.717) is 15.8 Å². The van der Waals surface area contributed by atoms with Gasteiger partial charge in [0.05, 0.1) is 5.02 Å². The maximum atomic E-state index is 12.1. The fourth-order valence-corrected chi connectivity index (χ4v) is 2.58. The molecule has 0 saturated carbocycles. The fourth-order valence-electron chi connectivity index (χ4n) is 2.12. The summed E-state index contributed by atoms with van der Waals surface area (Å²) in [5, 5.41) is 0.963. The third kappa shape index (κ3) is 4.27. The van der Waals surface area contributed by atoms with Crippen LogP contribution in [0.4, 0.5) is 0 Å². The van der Waals surface area contributed by atoms with Crippen LogP contribution in [-0.2, 0) is 4.79 Å². The molecule has 0 unspecified atom stereocenters. The van der Waals surface area contributed by atoms with Crippen molar-refractivity contribution >= 4 is 29.1 Å². The number of ether oxygens (including phenoxy) is 1. The van der Waals surface area contributed by atoms with E-state index >= 15 is 0 Å². The molecule has 20 heavy (non-hydrogen) atoms. The molecule has 0 spiro atoms. The second-order valence-corrected chi connectivity index (χ2v) is 5.74. The maximum Gasteiger partial charge on any atom is 0.260 e. The summed E-state index contributed by atoms with van der Waals surface area (Å²) in [6.45, 7) is 3.44. The summed E-state index contributed by atoms with van der Waals surface area (Å²) < 4.78 is 5.48. The molecule has 1 aromatic rings. The van der Waals surface area contributed by atoms with Crippen LogP contribution in [-0.4, -0.2) is 55.5 Å². The third-order valence-corrected chi connectivity index (χ3v) is 3.85. The smallest absolute Gasteiger partial charge is 0.260 e. The van der Waals surface area contributed by atoms with Crippen LogP contribution in [0.5, 0.6) is 5.75 Å². The summed E-state index contributed by atoms with van der Waals surface area (Å²) in [5.41, 5.74) is 0. The van der Waals surface area contributed by atoms with Crippen LogP contribution < -0.4 is 4.74 Å². The Morgan fingerprint density at radius 2 is 2.05 bits per heavy atom. The Kier molecular flexibility index (Phi) is 5.52. The summed E-state index contributed by atoms with van der Waals surface area (Å²) in [7, 11) is 2.07. The summed E-state index contributed by atoms with van der Waals surface area (Å²) in [6, 6.07) is 4.96. The van der Waals surface area contributed by atoms with Gasteiger partial charge in [-0.25, -0.2) is 0 Å². The Morgan fingerprint density at radius 3 is 2.80 bits per heavy atom. The summed E-state index contributed by atoms with van der Waals surface area (Å²) in [6.07, 6.45) is 0.990. The summed E-state index contributed by atoms with van der Waals surface area (Å²) >= 11 is 11.8. The average molecular weight is 317 g/mol. The molecular weight excluding hydrogens is 299 g/mol. The van der Waals surface area contributed by atoms with E-state index < -0.39 is 0 Å². The lowest BCUT2D eigenvalue weighted by Crippen LogP contribution is -2.37. The molecule has 1 aliphatic heterocycles. The molecule has 1 fully saturated rings. The van der Waals surface area contributed by atoms with Gasteiger partial charge in [-0.15, -0.1) is 0 Å². The maximum absolute atomic E-state index is 12.1. The van der Waals surface area contributed by atoms with Gasteiger partial charge in [-0.05, 0) is 38.2 Å². The van der Waals surface area contributed by atoms with E-state index in [4.69, 9.17) is 27.9 Å². The molecule has 4 nitrogen and oxygen atoms in total. The molecule has 1 aliphatic rings. The van der Waals surface area contributed by atoms with Gasteiger partial charge in [-0.3, -0.25) is 4.79 Å². The van der Waals surface area contributed by atoms with Crippen molar-refractivity contribution in [2.24, 2.45) is 0 Å². The zero-order valence-corrected chi connectivity index (χ0v) is 13.0. The zero-order valence-electron chi connectivity index (χ0n) is 11.4. The predicted octanol–water partition coefficient (Wildman–Crippen LogP) is 2.54. The minimum atomic E-state index is -0.00804. The highest BCUT2D eigenvalue weighted by molar-refractivity contribution is 6.35. The van der Waals surface area contributed by atoms with Crippen LogP contribution >= 0.6 is 23.2 Å². The van der Waals surface area contributed by atoms with Crippen LogP contribution in [0.2, 0.25) is 10.0 Å². The van der Waals surface area contributed by atoms with Crippen molar-refractivity contribution < 1.29 is 9.53 Å². The van der Waals surface area contributed by atoms with Gasteiger partial charge in [0, 0.05) is 24.7 Å². The molecule has 1 amide bonds. The van der Waals surface area contributed by atoms with Crippen molar-refractivity contribution in [3.8, 4) is 5.75 Å². The first kappa shape index (κ1) is 15.4. The van der Waals surface area contributed by atoms with Gasteiger partial charge in [-0.2, -0.15) is 0 Å². The van der Waals surface area contributed by atoms with Crippen molar-refractivity contribution in [3.05, 3.63) is 28.2 Å². The van der Waals surface area contributed by atoms with Gasteiger partial charge in [0.25, 0.3) is 5.91 Å². The van der Waals surface area contributed by atoms with Crippen LogP contribution in [0.3, 0.4) is 0 Å². The van der Waals surface area contributed by atoms with Gasteiger partial charge in [0.1, 0.15) is 5.75 Å². The number of amides is 1. The number of carbonyl (C=O) groups is 1. The normalized spacial score (nSPS) is 16.9. The topological polar surface area (TPSA) is 32.8 Å². The molecule has 2 rings (SSSR count). The van der Waals surface area contributed by atoms with Crippen molar-refractivity contribution in [3.63, 3.8) is 0 Å².